The fourth-order valence-corrected chi connectivity index (χ4v) is 2.20. The Hall–Kier alpha value is -0.940. The standard InChI is InChI=1S/C14H21ClFN3S/c1-3-17-14(19-9-10-20-2)18-8-7-11-12(15)5-4-6-13(11)16/h4-6H,3,7-10H2,1-2H3,(H2,17,18,19). The molecule has 0 aromatic heterocycles. The number of halogens is 2. The summed E-state index contributed by atoms with van der Waals surface area (Å²) in [5.74, 6) is 1.48. The molecular weight excluding hydrogens is 297 g/mol. The molecule has 0 heterocycles. The van der Waals surface area contributed by atoms with Gasteiger partial charge in [-0.15, -0.1) is 0 Å². The lowest BCUT2D eigenvalue weighted by Crippen LogP contribution is -2.38. The Kier molecular flexibility index (Phi) is 8.46. The van der Waals surface area contributed by atoms with Gasteiger partial charge in [0.2, 0.25) is 0 Å². The minimum Gasteiger partial charge on any atom is -0.357 e. The fourth-order valence-electron chi connectivity index (χ4n) is 1.67. The molecular formula is C14H21ClFN3S. The monoisotopic (exact) mass is 317 g/mol. The maximum Gasteiger partial charge on any atom is 0.191 e. The molecule has 1 aromatic rings. The van der Waals surface area contributed by atoms with Gasteiger partial charge in [-0.1, -0.05) is 17.7 Å². The van der Waals surface area contributed by atoms with Gasteiger partial charge in [0.25, 0.3) is 0 Å². The van der Waals surface area contributed by atoms with Gasteiger partial charge in [0.15, 0.2) is 5.96 Å². The van der Waals surface area contributed by atoms with Gasteiger partial charge in [-0.3, -0.25) is 4.99 Å². The van der Waals surface area contributed by atoms with Crippen LogP contribution in [-0.2, 0) is 6.42 Å². The smallest absolute Gasteiger partial charge is 0.191 e. The molecule has 0 aliphatic rings. The zero-order valence-corrected chi connectivity index (χ0v) is 13.5. The van der Waals surface area contributed by atoms with Crippen LogP contribution in [0, 0.1) is 5.82 Å². The average molecular weight is 318 g/mol. The molecule has 3 nitrogen and oxygen atoms in total. The molecule has 0 radical (unpaired) electrons. The summed E-state index contributed by atoms with van der Waals surface area (Å²) in [7, 11) is 0. The van der Waals surface area contributed by atoms with E-state index in [2.05, 4.69) is 21.9 Å². The molecule has 0 bridgehead atoms. The quantitative estimate of drug-likeness (QED) is 0.461. The third-order valence-corrected chi connectivity index (χ3v) is 3.58. The Bertz CT molecular complexity index is 420. The van der Waals surface area contributed by atoms with Gasteiger partial charge < -0.3 is 10.6 Å². The lowest BCUT2D eigenvalue weighted by Gasteiger charge is -2.12. The highest BCUT2D eigenvalue weighted by Crippen LogP contribution is 2.18. The number of hydrogen-bond donors (Lipinski definition) is 2. The average Bonchev–Trinajstić information content (AvgIpc) is 2.42. The van der Waals surface area contributed by atoms with Gasteiger partial charge in [0.1, 0.15) is 5.82 Å². The molecule has 1 rings (SSSR count). The number of thioether (sulfide) groups is 1. The molecule has 2 N–H and O–H groups in total. The zero-order valence-electron chi connectivity index (χ0n) is 11.9. The lowest BCUT2D eigenvalue weighted by molar-refractivity contribution is 0.607. The van der Waals surface area contributed by atoms with Crippen LogP contribution >= 0.6 is 23.4 Å². The molecule has 0 aliphatic carbocycles. The topological polar surface area (TPSA) is 36.4 Å². The highest BCUT2D eigenvalue weighted by atomic mass is 35.5. The first-order valence-corrected chi connectivity index (χ1v) is 8.40. The number of nitrogens with zero attached hydrogens (tertiary/aromatic N) is 1. The molecule has 0 spiro atoms. The summed E-state index contributed by atoms with van der Waals surface area (Å²) in [6.45, 7) is 4.16. The van der Waals surface area contributed by atoms with Crippen molar-refractivity contribution < 1.29 is 4.39 Å². The molecule has 6 heteroatoms. The number of guanidine groups is 1. The van der Waals surface area contributed by atoms with E-state index in [9.17, 15) is 4.39 Å². The summed E-state index contributed by atoms with van der Waals surface area (Å²) in [6.07, 6.45) is 2.58. The first kappa shape index (κ1) is 17.1. The van der Waals surface area contributed by atoms with Crippen molar-refractivity contribution in [2.24, 2.45) is 4.99 Å². The Morgan fingerprint density at radius 3 is 2.85 bits per heavy atom. The van der Waals surface area contributed by atoms with Crippen molar-refractivity contribution in [2.75, 3.05) is 31.6 Å². The van der Waals surface area contributed by atoms with Gasteiger partial charge in [-0.2, -0.15) is 11.8 Å². The summed E-state index contributed by atoms with van der Waals surface area (Å²) in [6, 6.07) is 4.75. The van der Waals surface area contributed by atoms with Gasteiger partial charge >= 0.3 is 0 Å². The van der Waals surface area contributed by atoms with Crippen molar-refractivity contribution in [1.29, 1.82) is 0 Å². The van der Waals surface area contributed by atoms with E-state index < -0.39 is 0 Å². The highest BCUT2D eigenvalue weighted by molar-refractivity contribution is 7.98. The SMILES string of the molecule is CCNC(=NCCSC)NCCc1c(F)cccc1Cl. The number of hydrogen-bond acceptors (Lipinski definition) is 2. The maximum atomic E-state index is 13.6. The summed E-state index contributed by atoms with van der Waals surface area (Å²) in [4.78, 5) is 4.43. The van der Waals surface area contributed by atoms with Crippen molar-refractivity contribution in [3.8, 4) is 0 Å². The van der Waals surface area contributed by atoms with E-state index in [4.69, 9.17) is 11.6 Å². The predicted molar refractivity (Wildman–Crippen MR) is 87.5 cm³/mol. The Morgan fingerprint density at radius 1 is 1.40 bits per heavy atom. The molecule has 0 saturated carbocycles. The van der Waals surface area contributed by atoms with E-state index >= 15 is 0 Å². The molecule has 112 valence electrons. The first-order chi connectivity index (χ1) is 9.69. The van der Waals surface area contributed by atoms with Crippen LogP contribution in [0.1, 0.15) is 12.5 Å². The number of benzene rings is 1. The molecule has 1 aromatic carbocycles. The number of aliphatic imine (C=N–C) groups is 1. The van der Waals surface area contributed by atoms with Crippen molar-refractivity contribution in [3.05, 3.63) is 34.6 Å². The zero-order chi connectivity index (χ0) is 14.8. The largest absolute Gasteiger partial charge is 0.357 e. The normalized spacial score (nSPS) is 11.5. The Balaban J connectivity index is 2.49. The molecule has 0 amide bonds. The highest BCUT2D eigenvalue weighted by Gasteiger charge is 2.06. The van der Waals surface area contributed by atoms with Crippen LogP contribution < -0.4 is 10.6 Å². The van der Waals surface area contributed by atoms with Crippen LogP contribution in [0.4, 0.5) is 4.39 Å². The molecule has 0 aliphatic heterocycles. The summed E-state index contributed by atoms with van der Waals surface area (Å²) >= 11 is 7.75. The number of rotatable bonds is 7. The van der Waals surface area contributed by atoms with Crippen LogP contribution in [0.25, 0.3) is 0 Å². The van der Waals surface area contributed by atoms with E-state index in [0.717, 1.165) is 24.8 Å². The van der Waals surface area contributed by atoms with Crippen LogP contribution in [0.2, 0.25) is 5.02 Å². The van der Waals surface area contributed by atoms with Gasteiger partial charge in [0, 0.05) is 29.4 Å². The van der Waals surface area contributed by atoms with Crippen molar-refractivity contribution >= 4 is 29.3 Å². The third-order valence-electron chi connectivity index (χ3n) is 2.64. The third kappa shape index (κ3) is 6.01. The number of nitrogens with one attached hydrogen (secondary N) is 2. The second-order valence-corrected chi connectivity index (χ2v) is 5.52. The molecule has 0 fully saturated rings. The lowest BCUT2D eigenvalue weighted by atomic mass is 10.1. The van der Waals surface area contributed by atoms with Crippen molar-refractivity contribution in [3.63, 3.8) is 0 Å². The van der Waals surface area contributed by atoms with Gasteiger partial charge in [-0.05, 0) is 31.7 Å². The van der Waals surface area contributed by atoms with E-state index in [1.54, 1.807) is 23.9 Å². The second kappa shape index (κ2) is 9.88. The van der Waals surface area contributed by atoms with Crippen molar-refractivity contribution in [1.82, 2.24) is 10.6 Å². The van der Waals surface area contributed by atoms with Crippen LogP contribution in [0.15, 0.2) is 23.2 Å². The van der Waals surface area contributed by atoms with E-state index in [1.165, 1.54) is 6.07 Å². The maximum absolute atomic E-state index is 13.6. The first-order valence-electron chi connectivity index (χ1n) is 6.63. The Labute approximate surface area is 129 Å². The Morgan fingerprint density at radius 2 is 2.20 bits per heavy atom. The van der Waals surface area contributed by atoms with E-state index in [-0.39, 0.29) is 5.82 Å². The minimum absolute atomic E-state index is 0.261. The van der Waals surface area contributed by atoms with E-state index in [0.29, 0.717) is 23.6 Å². The van der Waals surface area contributed by atoms with Crippen LogP contribution in [0.5, 0.6) is 0 Å². The molecule has 0 saturated heterocycles. The summed E-state index contributed by atoms with van der Waals surface area (Å²) in [5, 5.41) is 6.82. The summed E-state index contributed by atoms with van der Waals surface area (Å²) in [5.41, 5.74) is 0.543. The molecule has 0 unspecified atom stereocenters. The minimum atomic E-state index is -0.261. The summed E-state index contributed by atoms with van der Waals surface area (Å²) < 4.78 is 13.6. The predicted octanol–water partition coefficient (Wildman–Crippen LogP) is 2.94. The second-order valence-electron chi connectivity index (χ2n) is 4.13. The molecule has 20 heavy (non-hydrogen) atoms. The van der Waals surface area contributed by atoms with Crippen LogP contribution in [-0.4, -0.2) is 37.6 Å². The van der Waals surface area contributed by atoms with Gasteiger partial charge in [0.05, 0.1) is 6.54 Å². The van der Waals surface area contributed by atoms with E-state index in [1.807, 2.05) is 6.92 Å². The van der Waals surface area contributed by atoms with Crippen LogP contribution in [0.3, 0.4) is 0 Å². The van der Waals surface area contributed by atoms with Crippen molar-refractivity contribution in [2.45, 2.75) is 13.3 Å². The molecule has 0 atom stereocenters. The fraction of sp³-hybridized carbons (Fsp3) is 0.500. The van der Waals surface area contributed by atoms with Gasteiger partial charge in [-0.25, -0.2) is 4.39 Å².